The predicted molar refractivity (Wildman–Crippen MR) is 60.9 cm³/mol. The number of aromatic nitrogens is 2. The van der Waals surface area contributed by atoms with Crippen molar-refractivity contribution in [1.29, 1.82) is 0 Å². The zero-order chi connectivity index (χ0) is 11.7. The molecule has 0 spiro atoms. The van der Waals surface area contributed by atoms with Crippen LogP contribution in [0.15, 0.2) is 18.5 Å². The quantitative estimate of drug-likeness (QED) is 0.755. The van der Waals surface area contributed by atoms with Crippen LogP contribution in [-0.4, -0.2) is 22.0 Å². The molecule has 0 aliphatic rings. The fourth-order valence-corrected chi connectivity index (χ4v) is 1.62. The van der Waals surface area contributed by atoms with E-state index in [1.54, 1.807) is 17.5 Å². The van der Waals surface area contributed by atoms with Crippen LogP contribution in [0, 0.1) is 6.92 Å². The lowest BCUT2D eigenvalue weighted by Crippen LogP contribution is -2.04. The molecule has 4 nitrogen and oxygen atoms in total. The van der Waals surface area contributed by atoms with E-state index in [9.17, 15) is 4.79 Å². The number of carbonyl (C=O) groups excluding carboxylic acids is 1. The molecule has 0 aromatic carbocycles. The second kappa shape index (κ2) is 4.14. The summed E-state index contributed by atoms with van der Waals surface area (Å²) in [7, 11) is 0. The monoisotopic (exact) mass is 238 g/mol. The van der Waals surface area contributed by atoms with Gasteiger partial charge in [0.25, 0.3) is 0 Å². The van der Waals surface area contributed by atoms with Gasteiger partial charge in [-0.15, -0.1) is 0 Å². The maximum Gasteiger partial charge on any atom is 0.358 e. The molecule has 0 N–H and O–H groups in total. The number of hydrogen-bond acceptors (Lipinski definition) is 3. The number of ether oxygens (including phenoxy) is 1. The number of aryl methyl sites for hydroxylation is 1. The van der Waals surface area contributed by atoms with Gasteiger partial charge in [0.05, 0.1) is 11.6 Å². The molecule has 2 aromatic rings. The zero-order valence-corrected chi connectivity index (χ0v) is 9.78. The third-order valence-corrected chi connectivity index (χ3v) is 2.71. The zero-order valence-electron chi connectivity index (χ0n) is 9.03. The predicted octanol–water partition coefficient (Wildman–Crippen LogP) is 2.47. The molecule has 2 rings (SSSR count). The van der Waals surface area contributed by atoms with Gasteiger partial charge in [-0.1, -0.05) is 11.6 Å². The van der Waals surface area contributed by atoms with Crippen molar-refractivity contribution in [3.63, 3.8) is 0 Å². The third kappa shape index (κ3) is 1.76. The van der Waals surface area contributed by atoms with Crippen molar-refractivity contribution >= 4 is 23.2 Å². The van der Waals surface area contributed by atoms with Crippen LogP contribution in [0.5, 0.6) is 0 Å². The summed E-state index contributed by atoms with van der Waals surface area (Å²) in [6.07, 6.45) is 3.42. The highest BCUT2D eigenvalue weighted by atomic mass is 35.5. The van der Waals surface area contributed by atoms with E-state index in [1.807, 2.05) is 19.2 Å². The van der Waals surface area contributed by atoms with Crippen LogP contribution in [0.2, 0.25) is 5.02 Å². The number of pyridine rings is 1. The summed E-state index contributed by atoms with van der Waals surface area (Å²) in [4.78, 5) is 15.6. The van der Waals surface area contributed by atoms with Gasteiger partial charge in [-0.25, -0.2) is 9.78 Å². The lowest BCUT2D eigenvalue weighted by atomic mass is 10.3. The number of hydrogen-bond donors (Lipinski definition) is 0. The molecule has 0 amide bonds. The Kier molecular flexibility index (Phi) is 2.83. The van der Waals surface area contributed by atoms with Gasteiger partial charge < -0.3 is 9.14 Å². The minimum Gasteiger partial charge on any atom is -0.461 e. The number of nitrogens with zero attached hydrogens (tertiary/aromatic N) is 2. The van der Waals surface area contributed by atoms with E-state index in [0.717, 1.165) is 5.56 Å². The average molecular weight is 239 g/mol. The minimum absolute atomic E-state index is 0.273. The van der Waals surface area contributed by atoms with E-state index in [0.29, 0.717) is 17.3 Å². The summed E-state index contributed by atoms with van der Waals surface area (Å²) >= 11 is 6.09. The standard InChI is InChI=1S/C11H11ClN2O2/c1-3-16-11(15)8-6-14-5-4-7(2)9(12)10(14)13-8/h4-6H,3H2,1-2H3. The van der Waals surface area contributed by atoms with E-state index in [2.05, 4.69) is 4.98 Å². The van der Waals surface area contributed by atoms with E-state index < -0.39 is 5.97 Å². The fraction of sp³-hybridized carbons (Fsp3) is 0.273. The van der Waals surface area contributed by atoms with Gasteiger partial charge in [0.2, 0.25) is 0 Å². The molecule has 0 fully saturated rings. The van der Waals surface area contributed by atoms with Crippen LogP contribution >= 0.6 is 11.6 Å². The molecule has 0 saturated heterocycles. The van der Waals surface area contributed by atoms with E-state index in [1.165, 1.54) is 0 Å². The van der Waals surface area contributed by atoms with Crippen LogP contribution in [0.4, 0.5) is 0 Å². The first-order chi connectivity index (χ1) is 7.63. The molecule has 0 bridgehead atoms. The molecule has 0 radical (unpaired) electrons. The van der Waals surface area contributed by atoms with Crippen LogP contribution in [-0.2, 0) is 4.74 Å². The van der Waals surface area contributed by atoms with Gasteiger partial charge in [-0.3, -0.25) is 0 Å². The van der Waals surface area contributed by atoms with E-state index in [4.69, 9.17) is 16.3 Å². The van der Waals surface area contributed by atoms with Crippen molar-refractivity contribution in [2.45, 2.75) is 13.8 Å². The average Bonchev–Trinajstić information content (AvgIpc) is 2.69. The van der Waals surface area contributed by atoms with Crippen molar-refractivity contribution in [3.05, 3.63) is 34.7 Å². The van der Waals surface area contributed by atoms with Crippen molar-refractivity contribution in [2.75, 3.05) is 6.61 Å². The Bertz CT molecular complexity index is 548. The first kappa shape index (κ1) is 11.0. The Morgan fingerprint density at radius 1 is 1.62 bits per heavy atom. The summed E-state index contributed by atoms with van der Waals surface area (Å²) < 4.78 is 6.58. The highest BCUT2D eigenvalue weighted by Crippen LogP contribution is 2.21. The number of fused-ring (bicyclic) bond motifs is 1. The maximum atomic E-state index is 11.5. The summed E-state index contributed by atoms with van der Waals surface area (Å²) in [6.45, 7) is 3.98. The Hall–Kier alpha value is -1.55. The van der Waals surface area contributed by atoms with Gasteiger partial charge in [-0.05, 0) is 25.5 Å². The van der Waals surface area contributed by atoms with Crippen molar-refractivity contribution in [1.82, 2.24) is 9.38 Å². The minimum atomic E-state index is -0.431. The van der Waals surface area contributed by atoms with E-state index >= 15 is 0 Å². The first-order valence-electron chi connectivity index (χ1n) is 4.94. The summed E-state index contributed by atoms with van der Waals surface area (Å²) in [5.41, 5.74) is 1.77. The number of imidazole rings is 1. The second-order valence-corrected chi connectivity index (χ2v) is 3.77. The molecule has 0 aliphatic heterocycles. The molecule has 0 aliphatic carbocycles. The molecule has 0 saturated carbocycles. The molecule has 0 atom stereocenters. The smallest absolute Gasteiger partial charge is 0.358 e. The molecule has 16 heavy (non-hydrogen) atoms. The van der Waals surface area contributed by atoms with Crippen LogP contribution in [0.25, 0.3) is 5.65 Å². The normalized spacial score (nSPS) is 10.7. The molecule has 2 aromatic heterocycles. The Morgan fingerprint density at radius 3 is 3.06 bits per heavy atom. The topological polar surface area (TPSA) is 43.6 Å². The lowest BCUT2D eigenvalue weighted by molar-refractivity contribution is 0.0520. The Morgan fingerprint density at radius 2 is 2.38 bits per heavy atom. The second-order valence-electron chi connectivity index (χ2n) is 3.39. The van der Waals surface area contributed by atoms with Crippen molar-refractivity contribution in [2.24, 2.45) is 0 Å². The SMILES string of the molecule is CCOC(=O)c1cn2ccc(C)c(Cl)c2n1. The highest BCUT2D eigenvalue weighted by Gasteiger charge is 2.13. The number of esters is 1. The molecule has 84 valence electrons. The van der Waals surface area contributed by atoms with Crippen LogP contribution in [0.1, 0.15) is 23.0 Å². The van der Waals surface area contributed by atoms with Crippen molar-refractivity contribution < 1.29 is 9.53 Å². The van der Waals surface area contributed by atoms with Gasteiger partial charge in [0.15, 0.2) is 11.3 Å². The number of halogens is 1. The van der Waals surface area contributed by atoms with Gasteiger partial charge >= 0.3 is 5.97 Å². The first-order valence-corrected chi connectivity index (χ1v) is 5.32. The van der Waals surface area contributed by atoms with Crippen LogP contribution < -0.4 is 0 Å². The van der Waals surface area contributed by atoms with Gasteiger partial charge in [0.1, 0.15) is 0 Å². The summed E-state index contributed by atoms with van der Waals surface area (Å²) in [5.74, 6) is -0.431. The maximum absolute atomic E-state index is 11.5. The van der Waals surface area contributed by atoms with E-state index in [-0.39, 0.29) is 5.69 Å². The number of rotatable bonds is 2. The molecule has 2 heterocycles. The largest absolute Gasteiger partial charge is 0.461 e. The number of carbonyl (C=O) groups is 1. The van der Waals surface area contributed by atoms with Crippen molar-refractivity contribution in [3.8, 4) is 0 Å². The highest BCUT2D eigenvalue weighted by molar-refractivity contribution is 6.34. The lowest BCUT2D eigenvalue weighted by Gasteiger charge is -1.98. The Labute approximate surface area is 97.8 Å². The molecule has 0 unspecified atom stereocenters. The molecular formula is C11H11ClN2O2. The fourth-order valence-electron chi connectivity index (χ4n) is 1.41. The van der Waals surface area contributed by atoms with Crippen LogP contribution in [0.3, 0.4) is 0 Å². The Balaban J connectivity index is 2.52. The molecular weight excluding hydrogens is 228 g/mol. The summed E-state index contributed by atoms with van der Waals surface area (Å²) in [5, 5.41) is 0.554. The molecule has 5 heteroatoms. The summed E-state index contributed by atoms with van der Waals surface area (Å²) in [6, 6.07) is 1.87. The van der Waals surface area contributed by atoms with Gasteiger partial charge in [0, 0.05) is 12.4 Å². The van der Waals surface area contributed by atoms with Gasteiger partial charge in [-0.2, -0.15) is 0 Å². The third-order valence-electron chi connectivity index (χ3n) is 2.24.